The van der Waals surface area contributed by atoms with E-state index in [1.54, 1.807) is 43.0 Å². The number of thiophene rings is 1. The lowest BCUT2D eigenvalue weighted by Gasteiger charge is -2.14. The summed E-state index contributed by atoms with van der Waals surface area (Å²) in [7, 11) is 0. The Morgan fingerprint density at radius 3 is 2.44 bits per heavy atom. The van der Waals surface area contributed by atoms with Gasteiger partial charge in [0.05, 0.1) is 17.0 Å². The van der Waals surface area contributed by atoms with Crippen molar-refractivity contribution in [3.8, 4) is 0 Å². The molecule has 0 saturated carbocycles. The SMILES string of the molecule is CCOC(=O)c1c(NC(=O)c2ccccc2)sc(C(=O)N2CCCC2)c1C. The number of hydrogen-bond acceptors (Lipinski definition) is 5. The van der Waals surface area contributed by atoms with E-state index in [9.17, 15) is 14.4 Å². The van der Waals surface area contributed by atoms with Gasteiger partial charge in [0, 0.05) is 18.7 Å². The molecule has 7 heteroatoms. The molecule has 1 aliphatic rings. The van der Waals surface area contributed by atoms with Crippen LogP contribution in [0.2, 0.25) is 0 Å². The first-order valence-electron chi connectivity index (χ1n) is 8.99. The minimum absolute atomic E-state index is 0.0965. The molecule has 2 heterocycles. The highest BCUT2D eigenvalue weighted by Gasteiger charge is 2.29. The van der Waals surface area contributed by atoms with E-state index >= 15 is 0 Å². The molecular weight excluding hydrogens is 364 g/mol. The lowest BCUT2D eigenvalue weighted by Crippen LogP contribution is -2.27. The van der Waals surface area contributed by atoms with Crippen molar-refractivity contribution in [1.82, 2.24) is 4.90 Å². The van der Waals surface area contributed by atoms with E-state index in [1.807, 2.05) is 6.07 Å². The molecule has 1 fully saturated rings. The average molecular weight is 386 g/mol. The molecule has 0 radical (unpaired) electrons. The minimum atomic E-state index is -0.532. The Kier molecular flexibility index (Phi) is 5.91. The number of rotatable bonds is 5. The highest BCUT2D eigenvalue weighted by molar-refractivity contribution is 7.18. The highest BCUT2D eigenvalue weighted by Crippen LogP contribution is 2.35. The van der Waals surface area contributed by atoms with Crippen molar-refractivity contribution in [2.24, 2.45) is 0 Å². The van der Waals surface area contributed by atoms with Crippen LogP contribution in [0.4, 0.5) is 5.00 Å². The molecule has 0 bridgehead atoms. The zero-order valence-corrected chi connectivity index (χ0v) is 16.2. The molecule has 0 unspecified atom stereocenters. The van der Waals surface area contributed by atoms with Crippen LogP contribution in [0.15, 0.2) is 30.3 Å². The molecule has 27 heavy (non-hydrogen) atoms. The second-order valence-corrected chi connectivity index (χ2v) is 7.32. The standard InChI is InChI=1S/C20H22N2O4S/c1-3-26-20(25)15-13(2)16(19(24)22-11-7-8-12-22)27-18(15)21-17(23)14-9-5-4-6-10-14/h4-6,9-10H,3,7-8,11-12H2,1-2H3,(H,21,23). The number of carbonyl (C=O) groups excluding carboxylic acids is 3. The molecule has 1 aromatic heterocycles. The van der Waals surface area contributed by atoms with Crippen LogP contribution in [0.5, 0.6) is 0 Å². The molecule has 0 spiro atoms. The van der Waals surface area contributed by atoms with Gasteiger partial charge in [-0.05, 0) is 44.4 Å². The van der Waals surface area contributed by atoms with Crippen LogP contribution < -0.4 is 5.32 Å². The summed E-state index contributed by atoms with van der Waals surface area (Å²) >= 11 is 1.13. The average Bonchev–Trinajstić information content (AvgIpc) is 3.30. The Balaban J connectivity index is 1.95. The first-order chi connectivity index (χ1) is 13.0. The van der Waals surface area contributed by atoms with Gasteiger partial charge in [-0.3, -0.25) is 9.59 Å². The van der Waals surface area contributed by atoms with Crippen LogP contribution in [0, 0.1) is 6.92 Å². The second kappa shape index (κ2) is 8.35. The summed E-state index contributed by atoms with van der Waals surface area (Å²) in [5, 5.41) is 3.13. The lowest BCUT2D eigenvalue weighted by atomic mass is 10.1. The van der Waals surface area contributed by atoms with E-state index in [-0.39, 0.29) is 24.0 Å². The smallest absolute Gasteiger partial charge is 0.341 e. The third-order valence-corrected chi connectivity index (χ3v) is 5.67. The number of nitrogens with one attached hydrogen (secondary N) is 1. The van der Waals surface area contributed by atoms with E-state index in [0.717, 1.165) is 37.3 Å². The highest BCUT2D eigenvalue weighted by atomic mass is 32.1. The molecule has 1 N–H and O–H groups in total. The van der Waals surface area contributed by atoms with E-state index in [0.29, 0.717) is 21.0 Å². The summed E-state index contributed by atoms with van der Waals surface area (Å²) in [6.07, 6.45) is 1.97. The summed E-state index contributed by atoms with van der Waals surface area (Å²) in [6.45, 7) is 5.10. The number of benzene rings is 1. The van der Waals surface area contributed by atoms with Crippen LogP contribution in [0.3, 0.4) is 0 Å². The fourth-order valence-corrected chi connectivity index (χ4v) is 4.24. The normalized spacial score (nSPS) is 13.5. The zero-order chi connectivity index (χ0) is 19.4. The summed E-state index contributed by atoms with van der Waals surface area (Å²) in [6, 6.07) is 8.74. The van der Waals surface area contributed by atoms with Gasteiger partial charge < -0.3 is 15.0 Å². The third kappa shape index (κ3) is 4.03. The largest absolute Gasteiger partial charge is 0.462 e. The predicted octanol–water partition coefficient (Wildman–Crippen LogP) is 3.72. The first-order valence-corrected chi connectivity index (χ1v) is 9.80. The lowest BCUT2D eigenvalue weighted by molar-refractivity contribution is 0.0527. The second-order valence-electron chi connectivity index (χ2n) is 6.30. The van der Waals surface area contributed by atoms with Crippen LogP contribution in [0.1, 0.15) is 55.7 Å². The Labute approximate surface area is 162 Å². The number of esters is 1. The predicted molar refractivity (Wildman–Crippen MR) is 105 cm³/mol. The number of ether oxygens (including phenoxy) is 1. The monoisotopic (exact) mass is 386 g/mol. The van der Waals surface area contributed by atoms with Gasteiger partial charge in [0.2, 0.25) is 0 Å². The number of amides is 2. The quantitative estimate of drug-likeness (QED) is 0.795. The van der Waals surface area contributed by atoms with Crippen LogP contribution in [-0.4, -0.2) is 42.4 Å². The molecule has 1 aromatic carbocycles. The van der Waals surface area contributed by atoms with Gasteiger partial charge in [0.1, 0.15) is 5.00 Å². The van der Waals surface area contributed by atoms with Gasteiger partial charge >= 0.3 is 5.97 Å². The van der Waals surface area contributed by atoms with Crippen molar-refractivity contribution >= 4 is 34.1 Å². The summed E-state index contributed by atoms with van der Waals surface area (Å²) < 4.78 is 5.15. The van der Waals surface area contributed by atoms with Gasteiger partial charge in [-0.2, -0.15) is 0 Å². The number of nitrogens with zero attached hydrogens (tertiary/aromatic N) is 1. The fourth-order valence-electron chi connectivity index (χ4n) is 3.08. The molecule has 3 rings (SSSR count). The van der Waals surface area contributed by atoms with Crippen molar-refractivity contribution in [2.45, 2.75) is 26.7 Å². The maximum Gasteiger partial charge on any atom is 0.341 e. The van der Waals surface area contributed by atoms with Crippen molar-refractivity contribution in [2.75, 3.05) is 25.0 Å². The first kappa shape index (κ1) is 19.1. The Bertz CT molecular complexity index is 854. The van der Waals surface area contributed by atoms with E-state index in [4.69, 9.17) is 4.74 Å². The molecule has 0 atom stereocenters. The van der Waals surface area contributed by atoms with Crippen molar-refractivity contribution < 1.29 is 19.1 Å². The van der Waals surface area contributed by atoms with E-state index in [1.165, 1.54) is 0 Å². The van der Waals surface area contributed by atoms with Gasteiger partial charge in [0.15, 0.2) is 0 Å². The van der Waals surface area contributed by atoms with Gasteiger partial charge in [-0.1, -0.05) is 18.2 Å². The number of likely N-dealkylation sites (tertiary alicyclic amines) is 1. The van der Waals surface area contributed by atoms with Crippen LogP contribution >= 0.6 is 11.3 Å². The van der Waals surface area contributed by atoms with Crippen LogP contribution in [0.25, 0.3) is 0 Å². The maximum absolute atomic E-state index is 12.8. The molecular formula is C20H22N2O4S. The summed E-state index contributed by atoms with van der Waals surface area (Å²) in [5.41, 5.74) is 1.29. The van der Waals surface area contributed by atoms with E-state index in [2.05, 4.69) is 5.32 Å². The van der Waals surface area contributed by atoms with Gasteiger partial charge in [-0.25, -0.2) is 4.79 Å². The topological polar surface area (TPSA) is 75.7 Å². The van der Waals surface area contributed by atoms with Gasteiger partial charge in [0.25, 0.3) is 11.8 Å². The van der Waals surface area contributed by atoms with Crippen molar-refractivity contribution in [3.63, 3.8) is 0 Å². The number of hydrogen-bond donors (Lipinski definition) is 1. The Hall–Kier alpha value is -2.67. The molecule has 1 saturated heterocycles. The number of anilines is 1. The van der Waals surface area contributed by atoms with Gasteiger partial charge in [-0.15, -0.1) is 11.3 Å². The van der Waals surface area contributed by atoms with E-state index < -0.39 is 5.97 Å². The maximum atomic E-state index is 12.8. The summed E-state index contributed by atoms with van der Waals surface area (Å²) in [4.78, 5) is 40.1. The summed E-state index contributed by atoms with van der Waals surface area (Å²) in [5.74, 6) is -0.960. The number of carbonyl (C=O) groups is 3. The van der Waals surface area contributed by atoms with Crippen LogP contribution in [-0.2, 0) is 4.74 Å². The molecule has 6 nitrogen and oxygen atoms in total. The molecule has 2 amide bonds. The van der Waals surface area contributed by atoms with Crippen molar-refractivity contribution in [3.05, 3.63) is 51.9 Å². The zero-order valence-electron chi connectivity index (χ0n) is 15.4. The minimum Gasteiger partial charge on any atom is -0.462 e. The molecule has 2 aromatic rings. The van der Waals surface area contributed by atoms with Crippen molar-refractivity contribution in [1.29, 1.82) is 0 Å². The fraction of sp³-hybridized carbons (Fsp3) is 0.350. The molecule has 0 aliphatic carbocycles. The third-order valence-electron chi connectivity index (χ3n) is 4.48. The molecule has 1 aliphatic heterocycles. The Morgan fingerprint density at radius 2 is 1.81 bits per heavy atom. The molecule has 142 valence electrons. The Morgan fingerprint density at radius 1 is 1.15 bits per heavy atom.